The minimum Gasteiger partial charge on any atom is -0.357 e. The van der Waals surface area contributed by atoms with Gasteiger partial charge >= 0.3 is 0 Å². The molecule has 1 aliphatic rings. The number of thiazole rings is 1. The standard InChI is InChI=1S/C23H22ClNO2S/c1-13-9-10-14(21-25-19-17(24)7-6-8-18(19)28-21)11-15(13)16-12-22(2,3)27-23(4,5)20(16)26/h6-12H,1-5H3. The van der Waals surface area contributed by atoms with E-state index in [1.165, 1.54) is 0 Å². The molecule has 0 unspecified atom stereocenters. The summed E-state index contributed by atoms with van der Waals surface area (Å²) in [7, 11) is 0. The van der Waals surface area contributed by atoms with Crippen molar-refractivity contribution in [3.8, 4) is 10.6 Å². The lowest BCUT2D eigenvalue weighted by molar-refractivity contribution is -0.150. The van der Waals surface area contributed by atoms with E-state index in [-0.39, 0.29) is 5.78 Å². The number of Topliss-reactive ketones (excluding diaryl/α,β-unsaturated/α-hetero) is 1. The van der Waals surface area contributed by atoms with Crippen LogP contribution in [0.15, 0.2) is 42.5 Å². The summed E-state index contributed by atoms with van der Waals surface area (Å²) in [4.78, 5) is 17.8. The lowest BCUT2D eigenvalue weighted by Crippen LogP contribution is -2.46. The molecule has 0 saturated carbocycles. The van der Waals surface area contributed by atoms with E-state index in [9.17, 15) is 4.79 Å². The number of ether oxygens (including phenoxy) is 1. The van der Waals surface area contributed by atoms with Crippen molar-refractivity contribution in [1.29, 1.82) is 0 Å². The minimum absolute atomic E-state index is 0.000538. The average Bonchev–Trinajstić information content (AvgIpc) is 3.03. The molecule has 0 atom stereocenters. The van der Waals surface area contributed by atoms with Gasteiger partial charge in [-0.3, -0.25) is 4.79 Å². The number of hydrogen-bond donors (Lipinski definition) is 0. The van der Waals surface area contributed by atoms with Crippen LogP contribution in [0.2, 0.25) is 5.02 Å². The van der Waals surface area contributed by atoms with Gasteiger partial charge in [-0.1, -0.05) is 29.8 Å². The van der Waals surface area contributed by atoms with Crippen LogP contribution in [-0.4, -0.2) is 22.0 Å². The van der Waals surface area contributed by atoms with Crippen molar-refractivity contribution in [3.05, 3.63) is 58.6 Å². The molecule has 0 amide bonds. The molecule has 0 spiro atoms. The molecule has 2 aromatic carbocycles. The van der Waals surface area contributed by atoms with Crippen molar-refractivity contribution in [2.24, 2.45) is 0 Å². The second kappa shape index (κ2) is 6.51. The number of nitrogens with zero attached hydrogens (tertiary/aromatic N) is 1. The topological polar surface area (TPSA) is 39.2 Å². The second-order valence-electron chi connectivity index (χ2n) is 8.24. The molecule has 0 saturated heterocycles. The van der Waals surface area contributed by atoms with Crippen molar-refractivity contribution in [2.45, 2.75) is 45.8 Å². The molecule has 1 aliphatic heterocycles. The first-order chi connectivity index (χ1) is 13.1. The van der Waals surface area contributed by atoms with E-state index in [1.807, 2.05) is 71.0 Å². The zero-order chi connectivity index (χ0) is 20.3. The zero-order valence-corrected chi connectivity index (χ0v) is 18.2. The maximum Gasteiger partial charge on any atom is 0.194 e. The summed E-state index contributed by atoms with van der Waals surface area (Å²) in [5.41, 5.74) is 3.11. The van der Waals surface area contributed by atoms with Crippen molar-refractivity contribution in [1.82, 2.24) is 4.98 Å². The first kappa shape index (κ1) is 19.3. The Bertz CT molecular complexity index is 1140. The average molecular weight is 412 g/mol. The summed E-state index contributed by atoms with van der Waals surface area (Å²) in [6, 6.07) is 12.0. The molecule has 3 nitrogen and oxygen atoms in total. The molecule has 0 radical (unpaired) electrons. The van der Waals surface area contributed by atoms with Crippen LogP contribution >= 0.6 is 22.9 Å². The van der Waals surface area contributed by atoms with Gasteiger partial charge in [-0.05, 0) is 70.0 Å². The van der Waals surface area contributed by atoms with E-state index in [0.29, 0.717) is 10.6 Å². The molecule has 3 aromatic rings. The highest BCUT2D eigenvalue weighted by Gasteiger charge is 2.41. The summed E-state index contributed by atoms with van der Waals surface area (Å²) >= 11 is 7.90. The number of hydrogen-bond acceptors (Lipinski definition) is 4. The summed E-state index contributed by atoms with van der Waals surface area (Å²) in [5.74, 6) is -0.000538. The van der Waals surface area contributed by atoms with E-state index < -0.39 is 11.2 Å². The largest absolute Gasteiger partial charge is 0.357 e. The molecule has 28 heavy (non-hydrogen) atoms. The first-order valence-electron chi connectivity index (χ1n) is 9.22. The van der Waals surface area contributed by atoms with Gasteiger partial charge in [0.2, 0.25) is 0 Å². The number of ketones is 1. The summed E-state index contributed by atoms with van der Waals surface area (Å²) in [6.07, 6.45) is 1.93. The van der Waals surface area contributed by atoms with Crippen molar-refractivity contribution < 1.29 is 9.53 Å². The van der Waals surface area contributed by atoms with E-state index in [0.717, 1.165) is 31.9 Å². The van der Waals surface area contributed by atoms with E-state index in [1.54, 1.807) is 11.3 Å². The van der Waals surface area contributed by atoms with Crippen molar-refractivity contribution >= 4 is 44.5 Å². The van der Waals surface area contributed by atoms with Crippen molar-refractivity contribution in [2.75, 3.05) is 0 Å². The number of aromatic nitrogens is 1. The Labute approximate surface area is 174 Å². The summed E-state index contributed by atoms with van der Waals surface area (Å²) in [5, 5.41) is 1.54. The van der Waals surface area contributed by atoms with Crippen LogP contribution in [-0.2, 0) is 9.53 Å². The van der Waals surface area contributed by atoms with Gasteiger partial charge in [0.15, 0.2) is 5.78 Å². The van der Waals surface area contributed by atoms with Gasteiger partial charge in [0.25, 0.3) is 0 Å². The molecule has 0 N–H and O–H groups in total. The molecule has 0 fully saturated rings. The van der Waals surface area contributed by atoms with Crippen molar-refractivity contribution in [3.63, 3.8) is 0 Å². The quantitative estimate of drug-likeness (QED) is 0.485. The number of para-hydroxylation sites is 1. The Morgan fingerprint density at radius 2 is 1.86 bits per heavy atom. The van der Waals surface area contributed by atoms with Gasteiger partial charge in [-0.15, -0.1) is 11.3 Å². The van der Waals surface area contributed by atoms with E-state index >= 15 is 0 Å². The van der Waals surface area contributed by atoms with Crippen LogP contribution in [0.3, 0.4) is 0 Å². The summed E-state index contributed by atoms with van der Waals surface area (Å²) in [6.45, 7) is 9.65. The van der Waals surface area contributed by atoms with E-state index in [2.05, 4.69) is 6.07 Å². The normalized spacial score (nSPS) is 18.4. The Balaban J connectivity index is 1.86. The molecule has 1 aromatic heterocycles. The van der Waals surface area contributed by atoms with Gasteiger partial charge in [0, 0.05) is 11.1 Å². The van der Waals surface area contributed by atoms with E-state index in [4.69, 9.17) is 21.3 Å². The third kappa shape index (κ3) is 3.30. The third-order valence-corrected chi connectivity index (χ3v) is 6.32. The summed E-state index contributed by atoms with van der Waals surface area (Å²) < 4.78 is 7.03. The van der Waals surface area contributed by atoms with Crippen LogP contribution in [0.25, 0.3) is 26.4 Å². The Morgan fingerprint density at radius 1 is 1.11 bits per heavy atom. The van der Waals surface area contributed by atoms with Gasteiger partial charge in [-0.2, -0.15) is 0 Å². The maximum absolute atomic E-state index is 13.1. The van der Waals surface area contributed by atoms with Gasteiger partial charge < -0.3 is 4.74 Å². The van der Waals surface area contributed by atoms with Crippen LogP contribution in [0.1, 0.15) is 38.8 Å². The number of halogens is 1. The Hall–Kier alpha value is -2.01. The SMILES string of the molecule is Cc1ccc(-c2nc3c(Cl)cccc3s2)cc1C1=CC(C)(C)OC(C)(C)C1=O. The number of rotatable bonds is 2. The van der Waals surface area contributed by atoms with Crippen LogP contribution in [0.5, 0.6) is 0 Å². The van der Waals surface area contributed by atoms with Gasteiger partial charge in [0.05, 0.1) is 15.3 Å². The second-order valence-corrected chi connectivity index (χ2v) is 9.68. The highest BCUT2D eigenvalue weighted by atomic mass is 35.5. The van der Waals surface area contributed by atoms with Crippen LogP contribution in [0, 0.1) is 6.92 Å². The molecule has 4 rings (SSSR count). The fourth-order valence-corrected chi connectivity index (χ4v) is 5.02. The van der Waals surface area contributed by atoms with Crippen LogP contribution < -0.4 is 0 Å². The van der Waals surface area contributed by atoms with Gasteiger partial charge in [-0.25, -0.2) is 4.98 Å². The monoisotopic (exact) mass is 411 g/mol. The molecule has 0 bridgehead atoms. The molecule has 0 aliphatic carbocycles. The molecular formula is C23H22ClNO2S. The smallest absolute Gasteiger partial charge is 0.194 e. The Morgan fingerprint density at radius 3 is 2.57 bits per heavy atom. The maximum atomic E-state index is 13.1. The lowest BCUT2D eigenvalue weighted by atomic mass is 9.83. The lowest BCUT2D eigenvalue weighted by Gasteiger charge is -2.39. The molecular weight excluding hydrogens is 390 g/mol. The number of carbonyl (C=O) groups is 1. The van der Waals surface area contributed by atoms with Crippen LogP contribution in [0.4, 0.5) is 0 Å². The fourth-order valence-electron chi connectivity index (χ4n) is 3.75. The molecule has 5 heteroatoms. The molecule has 2 heterocycles. The highest BCUT2D eigenvalue weighted by molar-refractivity contribution is 7.21. The number of carbonyl (C=O) groups excluding carboxylic acids is 1. The van der Waals surface area contributed by atoms with Gasteiger partial charge in [0.1, 0.15) is 16.1 Å². The first-order valence-corrected chi connectivity index (χ1v) is 10.4. The third-order valence-electron chi connectivity index (χ3n) is 4.95. The Kier molecular flexibility index (Phi) is 4.49. The predicted octanol–water partition coefficient (Wildman–Crippen LogP) is 6.47. The molecule has 144 valence electrons. The number of aryl methyl sites for hydroxylation is 1. The number of fused-ring (bicyclic) bond motifs is 1. The minimum atomic E-state index is -0.862. The number of benzene rings is 2. The zero-order valence-electron chi connectivity index (χ0n) is 16.6. The highest BCUT2D eigenvalue weighted by Crippen LogP contribution is 2.39. The fraction of sp³-hybridized carbons (Fsp3) is 0.304. The predicted molar refractivity (Wildman–Crippen MR) is 117 cm³/mol.